The van der Waals surface area contributed by atoms with E-state index in [-0.39, 0.29) is 11.6 Å². The Bertz CT molecular complexity index is 1600. The van der Waals surface area contributed by atoms with Crippen LogP contribution in [0.15, 0.2) is 103 Å². The van der Waals surface area contributed by atoms with Crippen molar-refractivity contribution in [1.29, 1.82) is 0 Å². The van der Waals surface area contributed by atoms with Crippen molar-refractivity contribution in [2.75, 3.05) is 0 Å². The summed E-state index contributed by atoms with van der Waals surface area (Å²) in [5.74, 6) is -0.560. The molecule has 0 bridgehead atoms. The first kappa shape index (κ1) is 19.3. The molecule has 0 radical (unpaired) electrons. The lowest BCUT2D eigenvalue weighted by molar-refractivity contribution is 0.627. The smallest absolute Gasteiger partial charge is 0.163 e. The molecule has 2 aromatic heterocycles. The molecular weight excluding hydrogens is 416 g/mol. The Labute approximate surface area is 188 Å². The van der Waals surface area contributed by atoms with E-state index in [2.05, 4.69) is 0 Å². The van der Waals surface area contributed by atoms with E-state index >= 15 is 0 Å². The monoisotopic (exact) mass is 433 g/mol. The molecule has 0 N–H and O–H groups in total. The molecule has 158 valence electrons. The quantitative estimate of drug-likeness (QED) is 0.296. The largest absolute Gasteiger partial charge is 0.227 e. The van der Waals surface area contributed by atoms with Crippen LogP contribution in [0, 0.1) is 11.6 Å². The summed E-state index contributed by atoms with van der Waals surface area (Å²) in [6.07, 6.45) is 1.97. The second kappa shape index (κ2) is 7.64. The molecule has 0 amide bonds. The second-order valence-corrected chi connectivity index (χ2v) is 7.88. The van der Waals surface area contributed by atoms with E-state index in [1.54, 1.807) is 28.8 Å². The molecular formula is C28H17F2N3. The maximum absolute atomic E-state index is 13.6. The highest BCUT2D eigenvalue weighted by atomic mass is 19.1. The molecule has 6 aromatic rings. The highest BCUT2D eigenvalue weighted by Crippen LogP contribution is 2.33. The van der Waals surface area contributed by atoms with Gasteiger partial charge >= 0.3 is 0 Å². The third-order valence-corrected chi connectivity index (χ3v) is 5.77. The average molecular weight is 433 g/mol. The third kappa shape index (κ3) is 3.44. The lowest BCUT2D eigenvalue weighted by atomic mass is 10.0. The van der Waals surface area contributed by atoms with Crippen molar-refractivity contribution in [2.24, 2.45) is 0 Å². The fourth-order valence-electron chi connectivity index (χ4n) is 4.12. The Morgan fingerprint density at radius 1 is 0.606 bits per heavy atom. The molecule has 0 atom stereocenters. The molecule has 6 rings (SSSR count). The maximum atomic E-state index is 13.6. The van der Waals surface area contributed by atoms with E-state index in [1.165, 1.54) is 24.3 Å². The molecule has 5 heteroatoms. The summed E-state index contributed by atoms with van der Waals surface area (Å²) in [6.45, 7) is 0. The molecule has 4 aromatic carbocycles. The van der Waals surface area contributed by atoms with Gasteiger partial charge in [-0.25, -0.2) is 18.3 Å². The van der Waals surface area contributed by atoms with Crippen molar-refractivity contribution in [3.63, 3.8) is 0 Å². The van der Waals surface area contributed by atoms with Gasteiger partial charge in [0.25, 0.3) is 0 Å². The molecule has 2 heterocycles. The van der Waals surface area contributed by atoms with Gasteiger partial charge in [-0.1, -0.05) is 48.5 Å². The molecule has 0 saturated carbocycles. The summed E-state index contributed by atoms with van der Waals surface area (Å²) in [4.78, 5) is 5.01. The second-order valence-electron chi connectivity index (χ2n) is 7.88. The summed E-state index contributed by atoms with van der Waals surface area (Å²) in [5, 5.41) is 5.62. The summed E-state index contributed by atoms with van der Waals surface area (Å²) in [6, 6.07) is 28.7. The fourth-order valence-corrected chi connectivity index (χ4v) is 4.12. The number of fused-ring (bicyclic) bond motifs is 3. The van der Waals surface area contributed by atoms with Crippen LogP contribution in [0.2, 0.25) is 0 Å². The highest BCUT2D eigenvalue weighted by molar-refractivity contribution is 5.97. The van der Waals surface area contributed by atoms with Crippen LogP contribution in [-0.2, 0) is 0 Å². The molecule has 0 aliphatic carbocycles. The minimum Gasteiger partial charge on any atom is -0.227 e. The predicted octanol–water partition coefficient (Wildman–Crippen LogP) is 7.16. The molecule has 0 spiro atoms. The molecule has 0 aliphatic heterocycles. The Kier molecular flexibility index (Phi) is 4.47. The van der Waals surface area contributed by atoms with Crippen molar-refractivity contribution in [1.82, 2.24) is 14.6 Å². The third-order valence-electron chi connectivity index (χ3n) is 5.77. The van der Waals surface area contributed by atoms with Crippen LogP contribution in [-0.4, -0.2) is 14.6 Å². The number of benzene rings is 4. The number of halogens is 2. The van der Waals surface area contributed by atoms with Crippen molar-refractivity contribution >= 4 is 16.6 Å². The zero-order chi connectivity index (χ0) is 22.4. The topological polar surface area (TPSA) is 30.2 Å². The van der Waals surface area contributed by atoms with E-state index < -0.39 is 0 Å². The minimum atomic E-state index is -0.292. The van der Waals surface area contributed by atoms with E-state index in [0.29, 0.717) is 5.65 Å². The molecule has 33 heavy (non-hydrogen) atoms. The zero-order valence-electron chi connectivity index (χ0n) is 17.4. The van der Waals surface area contributed by atoms with Gasteiger partial charge in [-0.15, -0.1) is 0 Å². The van der Waals surface area contributed by atoms with E-state index in [4.69, 9.17) is 10.1 Å². The Hall–Kier alpha value is -4.38. The molecule has 3 nitrogen and oxygen atoms in total. The number of nitrogens with zero attached hydrogens (tertiary/aromatic N) is 3. The minimum absolute atomic E-state index is 0.269. The van der Waals surface area contributed by atoms with E-state index in [9.17, 15) is 8.78 Å². The predicted molar refractivity (Wildman–Crippen MR) is 127 cm³/mol. The number of hydrogen-bond acceptors (Lipinski definition) is 2. The van der Waals surface area contributed by atoms with Gasteiger partial charge in [-0.2, -0.15) is 5.10 Å². The van der Waals surface area contributed by atoms with Gasteiger partial charge < -0.3 is 0 Å². The first-order valence-corrected chi connectivity index (χ1v) is 10.6. The number of hydrogen-bond donors (Lipinski definition) is 0. The van der Waals surface area contributed by atoms with Gasteiger partial charge in [0.1, 0.15) is 11.6 Å². The average Bonchev–Trinajstić information content (AvgIpc) is 3.22. The van der Waals surface area contributed by atoms with Crippen molar-refractivity contribution in [3.05, 3.63) is 115 Å². The van der Waals surface area contributed by atoms with E-state index in [1.807, 2.05) is 54.7 Å². The Morgan fingerprint density at radius 2 is 1.24 bits per heavy atom. The van der Waals surface area contributed by atoms with Crippen LogP contribution >= 0.6 is 0 Å². The normalized spacial score (nSPS) is 11.3. The molecule has 0 unspecified atom stereocenters. The van der Waals surface area contributed by atoms with Gasteiger partial charge in [0.05, 0.1) is 11.2 Å². The lowest BCUT2D eigenvalue weighted by Crippen LogP contribution is -1.97. The van der Waals surface area contributed by atoms with Gasteiger partial charge in [0.15, 0.2) is 5.65 Å². The molecule has 0 fully saturated rings. The van der Waals surface area contributed by atoms with Gasteiger partial charge in [0.2, 0.25) is 0 Å². The van der Waals surface area contributed by atoms with Crippen molar-refractivity contribution in [2.45, 2.75) is 0 Å². The van der Waals surface area contributed by atoms with Crippen LogP contribution in [0.4, 0.5) is 8.78 Å². The van der Waals surface area contributed by atoms with E-state index in [0.717, 1.165) is 44.4 Å². The highest BCUT2D eigenvalue weighted by Gasteiger charge is 2.15. The van der Waals surface area contributed by atoms with Crippen LogP contribution in [0.3, 0.4) is 0 Å². The van der Waals surface area contributed by atoms with Crippen LogP contribution in [0.1, 0.15) is 0 Å². The lowest BCUT2D eigenvalue weighted by Gasteiger charge is -2.10. The Balaban J connectivity index is 1.61. The SMILES string of the molecule is Fc1ccc(-c2ccc3nn4cc(-c5ccccc5)c(-c5ccc(F)cc5)nc4c3c2)cc1. The van der Waals surface area contributed by atoms with Gasteiger partial charge in [-0.3, -0.25) is 0 Å². The molecule has 0 aliphatic rings. The van der Waals surface area contributed by atoms with Crippen LogP contribution < -0.4 is 0 Å². The number of rotatable bonds is 3. The van der Waals surface area contributed by atoms with Gasteiger partial charge in [0, 0.05) is 22.7 Å². The summed E-state index contributed by atoms with van der Waals surface area (Å²) in [5.41, 5.74) is 6.85. The van der Waals surface area contributed by atoms with Crippen LogP contribution in [0.25, 0.3) is 50.1 Å². The van der Waals surface area contributed by atoms with Crippen LogP contribution in [0.5, 0.6) is 0 Å². The molecule has 0 saturated heterocycles. The Morgan fingerprint density at radius 3 is 1.94 bits per heavy atom. The van der Waals surface area contributed by atoms with Gasteiger partial charge in [-0.05, 0) is 65.2 Å². The summed E-state index contributed by atoms with van der Waals surface area (Å²) >= 11 is 0. The van der Waals surface area contributed by atoms with Crippen molar-refractivity contribution < 1.29 is 8.78 Å². The summed E-state index contributed by atoms with van der Waals surface area (Å²) < 4.78 is 28.8. The maximum Gasteiger partial charge on any atom is 0.163 e. The standard InChI is InChI=1S/C28H17F2N3/c29-22-11-6-18(7-12-22)21-10-15-26-24(16-21)28-31-27(20-8-13-23(30)14-9-20)25(17-33(28)32-26)19-4-2-1-3-5-19/h1-17H. The first-order chi connectivity index (χ1) is 16.2. The van der Waals surface area contributed by atoms with Crippen molar-refractivity contribution in [3.8, 4) is 33.5 Å². The summed E-state index contributed by atoms with van der Waals surface area (Å²) in [7, 11) is 0. The zero-order valence-corrected chi connectivity index (χ0v) is 17.4. The number of aromatic nitrogens is 3. The first-order valence-electron chi connectivity index (χ1n) is 10.6. The fraction of sp³-hybridized carbons (Fsp3) is 0.